The zero-order valence-electron chi connectivity index (χ0n) is 20.6. The molecule has 4 rings (SSSR count). The highest BCUT2D eigenvalue weighted by Gasteiger charge is 2.55. The summed E-state index contributed by atoms with van der Waals surface area (Å²) in [6, 6.07) is 15.8. The number of sulfonamides is 1. The quantitative estimate of drug-likeness (QED) is 0.501. The number of nitrogens with one attached hydrogen (secondary N) is 1. The highest BCUT2D eigenvalue weighted by Crippen LogP contribution is 2.40. The van der Waals surface area contributed by atoms with Gasteiger partial charge in [-0.05, 0) is 49.2 Å². The standard InChI is InChI=1S/C25H32N4O6S/c1-34-17-14-26-23(30)18-27-19-29(20-6-4-3-5-7-20)25(24(27)31)12-15-28(16-13-25)36(32,33)22-10-8-21(35-2)9-11-22/h3-11H,12-19H2,1-2H3,(H,26,30). The summed E-state index contributed by atoms with van der Waals surface area (Å²) in [6.07, 6.45) is 0.635. The number of ether oxygens (including phenoxy) is 2. The molecule has 10 nitrogen and oxygen atoms in total. The molecule has 0 radical (unpaired) electrons. The van der Waals surface area contributed by atoms with Gasteiger partial charge in [0.25, 0.3) is 0 Å². The summed E-state index contributed by atoms with van der Waals surface area (Å²) >= 11 is 0. The lowest BCUT2D eigenvalue weighted by atomic mass is 9.86. The number of anilines is 1. The van der Waals surface area contributed by atoms with E-state index < -0.39 is 15.6 Å². The van der Waals surface area contributed by atoms with Crippen LogP contribution in [0.15, 0.2) is 59.5 Å². The van der Waals surface area contributed by atoms with Crippen LogP contribution < -0.4 is 15.0 Å². The first-order chi connectivity index (χ1) is 17.3. The molecule has 1 spiro atoms. The molecule has 2 aromatic rings. The lowest BCUT2D eigenvalue weighted by Gasteiger charge is -2.42. The molecule has 0 bridgehead atoms. The second-order valence-electron chi connectivity index (χ2n) is 8.86. The summed E-state index contributed by atoms with van der Waals surface area (Å²) in [7, 11) is -0.640. The van der Waals surface area contributed by atoms with Crippen molar-refractivity contribution < 1.29 is 27.5 Å². The average Bonchev–Trinajstić information content (AvgIpc) is 3.15. The van der Waals surface area contributed by atoms with Crippen LogP contribution in [0.4, 0.5) is 5.69 Å². The number of para-hydroxylation sites is 1. The minimum atomic E-state index is -3.72. The van der Waals surface area contributed by atoms with E-state index in [1.165, 1.54) is 23.5 Å². The van der Waals surface area contributed by atoms with Crippen molar-refractivity contribution in [1.29, 1.82) is 0 Å². The van der Waals surface area contributed by atoms with Gasteiger partial charge in [0.15, 0.2) is 0 Å². The Hall–Kier alpha value is -3.15. The number of amides is 2. The SMILES string of the molecule is COCCNC(=O)CN1CN(c2ccccc2)C2(CCN(S(=O)(=O)c3ccc(OC)cc3)CC2)C1=O. The molecule has 2 fully saturated rings. The monoisotopic (exact) mass is 516 g/mol. The second-order valence-corrected chi connectivity index (χ2v) is 10.8. The maximum atomic E-state index is 13.7. The molecule has 0 saturated carbocycles. The molecule has 2 aliphatic rings. The molecule has 194 valence electrons. The van der Waals surface area contributed by atoms with Gasteiger partial charge in [-0.25, -0.2) is 8.42 Å². The molecule has 0 aliphatic carbocycles. The molecule has 2 aromatic carbocycles. The lowest BCUT2D eigenvalue weighted by molar-refractivity contribution is -0.137. The Morgan fingerprint density at radius 3 is 2.31 bits per heavy atom. The summed E-state index contributed by atoms with van der Waals surface area (Å²) in [4.78, 5) is 29.9. The molecule has 2 amide bonds. The van der Waals surface area contributed by atoms with Crippen LogP contribution >= 0.6 is 0 Å². The first-order valence-corrected chi connectivity index (χ1v) is 13.3. The average molecular weight is 517 g/mol. The zero-order chi connectivity index (χ0) is 25.8. The Morgan fingerprint density at radius 1 is 1.03 bits per heavy atom. The van der Waals surface area contributed by atoms with E-state index in [9.17, 15) is 18.0 Å². The van der Waals surface area contributed by atoms with Crippen molar-refractivity contribution in [3.63, 3.8) is 0 Å². The maximum absolute atomic E-state index is 13.7. The van der Waals surface area contributed by atoms with Crippen molar-refractivity contribution in [2.75, 3.05) is 58.6 Å². The van der Waals surface area contributed by atoms with E-state index in [0.717, 1.165) is 5.69 Å². The van der Waals surface area contributed by atoms with Crippen LogP contribution in [0.5, 0.6) is 5.75 Å². The minimum absolute atomic E-state index is 0.0680. The number of hydrogen-bond donors (Lipinski definition) is 1. The summed E-state index contributed by atoms with van der Waals surface area (Å²) in [5.41, 5.74) is -0.0558. The van der Waals surface area contributed by atoms with Crippen molar-refractivity contribution in [2.45, 2.75) is 23.3 Å². The van der Waals surface area contributed by atoms with Crippen molar-refractivity contribution in [3.05, 3.63) is 54.6 Å². The fraction of sp³-hybridized carbons (Fsp3) is 0.440. The fourth-order valence-corrected chi connectivity index (χ4v) is 6.28. The molecule has 11 heteroatoms. The lowest BCUT2D eigenvalue weighted by Crippen LogP contribution is -2.57. The van der Waals surface area contributed by atoms with E-state index in [-0.39, 0.29) is 43.0 Å². The maximum Gasteiger partial charge on any atom is 0.250 e. The first-order valence-electron chi connectivity index (χ1n) is 11.8. The largest absolute Gasteiger partial charge is 0.497 e. The van der Waals surface area contributed by atoms with Gasteiger partial charge >= 0.3 is 0 Å². The van der Waals surface area contributed by atoms with Crippen LogP contribution in [0.1, 0.15) is 12.8 Å². The summed E-state index contributed by atoms with van der Waals surface area (Å²) in [6.45, 7) is 1.32. The van der Waals surface area contributed by atoms with E-state index in [1.54, 1.807) is 24.1 Å². The molecule has 2 heterocycles. The van der Waals surface area contributed by atoms with Crippen molar-refractivity contribution in [3.8, 4) is 5.75 Å². The summed E-state index contributed by atoms with van der Waals surface area (Å²) in [5.74, 6) is 0.160. The number of rotatable bonds is 9. The van der Waals surface area contributed by atoms with Crippen molar-refractivity contribution >= 4 is 27.5 Å². The number of nitrogens with zero attached hydrogens (tertiary/aromatic N) is 3. The predicted octanol–water partition coefficient (Wildman–Crippen LogP) is 1.29. The third-order valence-corrected chi connectivity index (χ3v) is 8.70. The van der Waals surface area contributed by atoms with Gasteiger partial charge in [0, 0.05) is 32.4 Å². The minimum Gasteiger partial charge on any atom is -0.497 e. The fourth-order valence-electron chi connectivity index (χ4n) is 4.84. The molecule has 0 unspecified atom stereocenters. The Labute approximate surface area is 211 Å². The van der Waals surface area contributed by atoms with Crippen LogP contribution in [0.25, 0.3) is 0 Å². The molecule has 1 N–H and O–H groups in total. The molecule has 0 aromatic heterocycles. The van der Waals surface area contributed by atoms with Crippen LogP contribution in [-0.4, -0.2) is 88.7 Å². The van der Waals surface area contributed by atoms with Gasteiger partial charge in [0.05, 0.1) is 25.3 Å². The topological polar surface area (TPSA) is 108 Å². The highest BCUT2D eigenvalue weighted by atomic mass is 32.2. The van der Waals surface area contributed by atoms with Gasteiger partial charge in [0.2, 0.25) is 21.8 Å². The molecular formula is C25H32N4O6S. The Balaban J connectivity index is 1.53. The number of benzene rings is 2. The zero-order valence-corrected chi connectivity index (χ0v) is 21.4. The molecule has 36 heavy (non-hydrogen) atoms. The van der Waals surface area contributed by atoms with Gasteiger partial charge in [-0.3, -0.25) is 9.59 Å². The molecule has 0 atom stereocenters. The van der Waals surface area contributed by atoms with Crippen LogP contribution in [0, 0.1) is 0 Å². The van der Waals surface area contributed by atoms with Gasteiger partial charge < -0.3 is 24.6 Å². The van der Waals surface area contributed by atoms with Crippen LogP contribution in [0.3, 0.4) is 0 Å². The van der Waals surface area contributed by atoms with Crippen molar-refractivity contribution in [2.24, 2.45) is 0 Å². The number of methoxy groups -OCH3 is 2. The summed E-state index contributed by atoms with van der Waals surface area (Å²) in [5, 5.41) is 2.76. The smallest absolute Gasteiger partial charge is 0.250 e. The van der Waals surface area contributed by atoms with Crippen molar-refractivity contribution in [1.82, 2.24) is 14.5 Å². The second kappa shape index (κ2) is 10.9. The van der Waals surface area contributed by atoms with Gasteiger partial charge in [-0.2, -0.15) is 4.31 Å². The molecular weight excluding hydrogens is 484 g/mol. The Morgan fingerprint density at radius 2 is 1.69 bits per heavy atom. The van der Waals surface area contributed by atoms with Gasteiger partial charge in [-0.1, -0.05) is 18.2 Å². The number of carbonyl (C=O) groups is 2. The Bertz CT molecular complexity index is 1160. The van der Waals surface area contributed by atoms with Gasteiger partial charge in [-0.15, -0.1) is 0 Å². The predicted molar refractivity (Wildman–Crippen MR) is 134 cm³/mol. The number of carbonyl (C=O) groups excluding carboxylic acids is 2. The van der Waals surface area contributed by atoms with E-state index >= 15 is 0 Å². The normalized spacial score (nSPS) is 18.0. The summed E-state index contributed by atoms with van der Waals surface area (Å²) < 4.78 is 38.1. The Kier molecular flexibility index (Phi) is 7.82. The number of piperidine rings is 1. The van der Waals surface area contributed by atoms with Gasteiger partial charge in [0.1, 0.15) is 17.8 Å². The van der Waals surface area contributed by atoms with Crippen LogP contribution in [-0.2, 0) is 24.3 Å². The molecule has 2 saturated heterocycles. The van der Waals surface area contributed by atoms with E-state index in [1.807, 2.05) is 35.2 Å². The van der Waals surface area contributed by atoms with E-state index in [0.29, 0.717) is 31.7 Å². The first kappa shape index (κ1) is 25.9. The third-order valence-electron chi connectivity index (χ3n) is 6.79. The van der Waals surface area contributed by atoms with Crippen LogP contribution in [0.2, 0.25) is 0 Å². The third kappa shape index (κ3) is 5.04. The number of hydrogen-bond acceptors (Lipinski definition) is 7. The van der Waals surface area contributed by atoms with E-state index in [4.69, 9.17) is 9.47 Å². The molecule has 2 aliphatic heterocycles. The van der Waals surface area contributed by atoms with E-state index in [2.05, 4.69) is 5.32 Å². The highest BCUT2D eigenvalue weighted by molar-refractivity contribution is 7.89.